The van der Waals surface area contributed by atoms with E-state index in [1.165, 1.54) is 0 Å². The smallest absolute Gasteiger partial charge is 0.290 e. The molecule has 0 spiro atoms. The van der Waals surface area contributed by atoms with Crippen molar-refractivity contribution in [2.75, 3.05) is 18.4 Å². The SMILES string of the molecule is O=C1S[C@@H](Nc2cccc(Cl)c2)C(=O)N1CCN1C(=O)c2ccccc2C1=O. The number of halogens is 1. The van der Waals surface area contributed by atoms with Gasteiger partial charge in [0.2, 0.25) is 0 Å². The zero-order valence-electron chi connectivity index (χ0n) is 14.4. The number of amides is 4. The van der Waals surface area contributed by atoms with Gasteiger partial charge >= 0.3 is 0 Å². The van der Waals surface area contributed by atoms with E-state index in [-0.39, 0.29) is 13.1 Å². The van der Waals surface area contributed by atoms with Gasteiger partial charge < -0.3 is 5.32 Å². The molecule has 1 saturated heterocycles. The van der Waals surface area contributed by atoms with Crippen molar-refractivity contribution in [3.05, 3.63) is 64.7 Å². The molecule has 2 aliphatic rings. The fraction of sp³-hybridized carbons (Fsp3) is 0.158. The molecule has 0 aromatic heterocycles. The Kier molecular flexibility index (Phi) is 4.82. The molecule has 142 valence electrons. The summed E-state index contributed by atoms with van der Waals surface area (Å²) in [5.74, 6) is -1.26. The largest absolute Gasteiger partial charge is 0.365 e. The van der Waals surface area contributed by atoms with Crippen LogP contribution in [-0.4, -0.2) is 51.2 Å². The number of anilines is 1. The minimum absolute atomic E-state index is 0.0473. The summed E-state index contributed by atoms with van der Waals surface area (Å²) in [6.45, 7) is -0.0991. The molecule has 28 heavy (non-hydrogen) atoms. The maximum atomic E-state index is 12.6. The van der Waals surface area contributed by atoms with Crippen LogP contribution in [0.15, 0.2) is 48.5 Å². The predicted molar refractivity (Wildman–Crippen MR) is 105 cm³/mol. The van der Waals surface area contributed by atoms with E-state index in [1.54, 1.807) is 48.5 Å². The lowest BCUT2D eigenvalue weighted by atomic mass is 10.1. The molecule has 2 aromatic carbocycles. The van der Waals surface area contributed by atoms with Crippen LogP contribution in [0.25, 0.3) is 0 Å². The maximum absolute atomic E-state index is 12.6. The lowest BCUT2D eigenvalue weighted by Gasteiger charge is -2.19. The first kappa shape index (κ1) is 18.5. The Labute approximate surface area is 169 Å². The van der Waals surface area contributed by atoms with Crippen molar-refractivity contribution in [3.63, 3.8) is 0 Å². The van der Waals surface area contributed by atoms with Crippen molar-refractivity contribution in [1.29, 1.82) is 0 Å². The van der Waals surface area contributed by atoms with E-state index in [1.807, 2.05) is 0 Å². The van der Waals surface area contributed by atoms with Crippen molar-refractivity contribution in [2.45, 2.75) is 5.37 Å². The molecule has 0 radical (unpaired) electrons. The van der Waals surface area contributed by atoms with E-state index in [0.717, 1.165) is 21.6 Å². The molecule has 4 rings (SSSR count). The first-order valence-electron chi connectivity index (χ1n) is 8.45. The second-order valence-electron chi connectivity index (χ2n) is 6.22. The van der Waals surface area contributed by atoms with E-state index < -0.39 is 28.3 Å². The quantitative estimate of drug-likeness (QED) is 0.755. The van der Waals surface area contributed by atoms with E-state index in [9.17, 15) is 19.2 Å². The van der Waals surface area contributed by atoms with E-state index in [2.05, 4.69) is 5.32 Å². The van der Waals surface area contributed by atoms with Crippen LogP contribution < -0.4 is 5.32 Å². The van der Waals surface area contributed by atoms with Crippen molar-refractivity contribution in [1.82, 2.24) is 9.80 Å². The number of nitrogens with zero attached hydrogens (tertiary/aromatic N) is 2. The van der Waals surface area contributed by atoms with Crippen molar-refractivity contribution in [2.24, 2.45) is 0 Å². The summed E-state index contributed by atoms with van der Waals surface area (Å²) in [6, 6.07) is 13.4. The fourth-order valence-electron chi connectivity index (χ4n) is 3.11. The molecule has 1 atom stereocenters. The summed E-state index contributed by atoms with van der Waals surface area (Å²) in [6.07, 6.45) is 0. The lowest BCUT2D eigenvalue weighted by molar-refractivity contribution is -0.126. The van der Waals surface area contributed by atoms with Gasteiger partial charge in [-0.2, -0.15) is 0 Å². The first-order chi connectivity index (χ1) is 13.5. The highest BCUT2D eigenvalue weighted by molar-refractivity contribution is 8.15. The number of thioether (sulfide) groups is 1. The Bertz CT molecular complexity index is 977. The topological polar surface area (TPSA) is 86.8 Å². The van der Waals surface area contributed by atoms with Crippen LogP contribution in [0.5, 0.6) is 0 Å². The minimum atomic E-state index is -0.784. The van der Waals surface area contributed by atoms with Gasteiger partial charge in [-0.05, 0) is 42.1 Å². The molecule has 9 heteroatoms. The van der Waals surface area contributed by atoms with Crippen LogP contribution in [0.3, 0.4) is 0 Å². The molecule has 4 amide bonds. The average Bonchev–Trinajstić information content (AvgIpc) is 3.08. The first-order valence-corrected chi connectivity index (χ1v) is 9.71. The monoisotopic (exact) mass is 415 g/mol. The minimum Gasteiger partial charge on any atom is -0.365 e. The summed E-state index contributed by atoms with van der Waals surface area (Å²) in [7, 11) is 0. The van der Waals surface area contributed by atoms with Gasteiger partial charge in [0, 0.05) is 23.8 Å². The van der Waals surface area contributed by atoms with Crippen LogP contribution in [0, 0.1) is 0 Å². The highest BCUT2D eigenvalue weighted by atomic mass is 35.5. The van der Waals surface area contributed by atoms with Crippen LogP contribution in [-0.2, 0) is 4.79 Å². The molecular formula is C19H14ClN3O4S. The standard InChI is InChI=1S/C19H14ClN3O4S/c20-11-4-3-5-12(10-11)21-15-18(26)23(19(27)28-15)9-8-22-16(24)13-6-1-2-7-14(13)17(22)25/h1-7,10,15,21H,8-9H2/t15-/m1/s1. The van der Waals surface area contributed by atoms with Crippen LogP contribution in [0.4, 0.5) is 10.5 Å². The number of rotatable bonds is 5. The number of benzene rings is 2. The van der Waals surface area contributed by atoms with E-state index >= 15 is 0 Å². The van der Waals surface area contributed by atoms with E-state index in [0.29, 0.717) is 21.8 Å². The van der Waals surface area contributed by atoms with Gasteiger partial charge in [-0.3, -0.25) is 29.0 Å². The Balaban J connectivity index is 1.42. The summed E-state index contributed by atoms with van der Waals surface area (Å²) in [5, 5.41) is 2.27. The summed E-state index contributed by atoms with van der Waals surface area (Å²) >= 11 is 6.78. The van der Waals surface area contributed by atoms with Gasteiger partial charge in [-0.1, -0.05) is 29.8 Å². The Morgan fingerprint density at radius 1 is 0.893 bits per heavy atom. The summed E-state index contributed by atoms with van der Waals surface area (Å²) in [4.78, 5) is 51.8. The highest BCUT2D eigenvalue weighted by Gasteiger charge is 2.41. The van der Waals surface area contributed by atoms with Gasteiger partial charge in [-0.25, -0.2) is 0 Å². The third kappa shape index (κ3) is 3.25. The zero-order valence-corrected chi connectivity index (χ0v) is 16.0. The van der Waals surface area contributed by atoms with Crippen molar-refractivity contribution < 1.29 is 19.2 Å². The molecule has 1 fully saturated rings. The molecule has 2 aliphatic heterocycles. The summed E-state index contributed by atoms with van der Waals surface area (Å²) in [5.41, 5.74) is 1.29. The molecule has 7 nitrogen and oxygen atoms in total. The third-order valence-corrected chi connectivity index (χ3v) is 5.69. The Morgan fingerprint density at radius 3 is 2.18 bits per heavy atom. The van der Waals surface area contributed by atoms with Gasteiger partial charge in [0.05, 0.1) is 11.1 Å². The third-order valence-electron chi connectivity index (χ3n) is 4.48. The summed E-state index contributed by atoms with van der Waals surface area (Å²) < 4.78 is 0. The predicted octanol–water partition coefficient (Wildman–Crippen LogP) is 3.07. The molecule has 0 saturated carbocycles. The van der Waals surface area contributed by atoms with Gasteiger partial charge in [0.25, 0.3) is 23.0 Å². The van der Waals surface area contributed by atoms with Gasteiger partial charge in [0.1, 0.15) is 0 Å². The highest BCUT2D eigenvalue weighted by Crippen LogP contribution is 2.29. The number of imide groups is 2. The van der Waals surface area contributed by atoms with E-state index in [4.69, 9.17) is 11.6 Å². The van der Waals surface area contributed by atoms with Crippen LogP contribution in [0.1, 0.15) is 20.7 Å². The van der Waals surface area contributed by atoms with Crippen LogP contribution in [0.2, 0.25) is 5.02 Å². The van der Waals surface area contributed by atoms with Gasteiger partial charge in [0.15, 0.2) is 5.37 Å². The molecule has 0 aliphatic carbocycles. The Hall–Kier alpha value is -2.84. The molecule has 0 unspecified atom stereocenters. The molecule has 0 bridgehead atoms. The second kappa shape index (κ2) is 7.29. The second-order valence-corrected chi connectivity index (χ2v) is 7.71. The molecule has 2 aromatic rings. The number of nitrogens with one attached hydrogen (secondary N) is 1. The molecule has 2 heterocycles. The number of fused-ring (bicyclic) bond motifs is 1. The van der Waals surface area contributed by atoms with Crippen molar-refractivity contribution >= 4 is 52.0 Å². The normalized spacial score (nSPS) is 18.8. The lowest BCUT2D eigenvalue weighted by Crippen LogP contribution is -2.41. The van der Waals surface area contributed by atoms with Crippen molar-refractivity contribution in [3.8, 4) is 0 Å². The number of carbonyl (C=O) groups is 4. The number of hydrogen-bond donors (Lipinski definition) is 1. The Morgan fingerprint density at radius 2 is 1.54 bits per heavy atom. The fourth-order valence-corrected chi connectivity index (χ4v) is 4.23. The zero-order chi connectivity index (χ0) is 19.8. The molecule has 1 N–H and O–H groups in total. The van der Waals surface area contributed by atoms with Crippen LogP contribution >= 0.6 is 23.4 Å². The average molecular weight is 416 g/mol. The number of carbonyl (C=O) groups excluding carboxylic acids is 4. The molecular weight excluding hydrogens is 402 g/mol. The maximum Gasteiger partial charge on any atom is 0.290 e. The van der Waals surface area contributed by atoms with Gasteiger partial charge in [-0.15, -0.1) is 0 Å². The number of hydrogen-bond acceptors (Lipinski definition) is 6.